The lowest BCUT2D eigenvalue weighted by Crippen LogP contribution is -2.50. The van der Waals surface area contributed by atoms with Gasteiger partial charge < -0.3 is 14.4 Å². The van der Waals surface area contributed by atoms with Crippen LogP contribution in [-0.4, -0.2) is 68.3 Å². The number of piperazine rings is 1. The van der Waals surface area contributed by atoms with Gasteiger partial charge in [-0.25, -0.2) is 0 Å². The molecule has 134 valence electrons. The minimum absolute atomic E-state index is 0.0682. The number of thioether (sulfide) groups is 1. The maximum atomic E-state index is 12.4. The van der Waals surface area contributed by atoms with E-state index >= 15 is 0 Å². The molecule has 0 saturated carbocycles. The predicted molar refractivity (Wildman–Crippen MR) is 98.6 cm³/mol. The van der Waals surface area contributed by atoms with Crippen LogP contribution < -0.4 is 0 Å². The molecule has 2 amide bonds. The van der Waals surface area contributed by atoms with Crippen molar-refractivity contribution in [2.75, 3.05) is 31.9 Å². The molecule has 1 aliphatic rings. The maximum Gasteiger partial charge on any atom is 0.233 e. The fourth-order valence-corrected chi connectivity index (χ4v) is 4.38. The number of aromatic nitrogens is 3. The summed E-state index contributed by atoms with van der Waals surface area (Å²) in [4.78, 5) is 28.5. The lowest BCUT2D eigenvalue weighted by atomic mass is 10.3. The number of thiophene rings is 1. The molecule has 0 spiro atoms. The molecule has 1 aliphatic heterocycles. The molecule has 3 rings (SSSR count). The van der Waals surface area contributed by atoms with Gasteiger partial charge in [-0.05, 0) is 18.4 Å². The molecule has 3 heterocycles. The number of amides is 2. The second-order valence-corrected chi connectivity index (χ2v) is 7.59. The first-order chi connectivity index (χ1) is 12.1. The van der Waals surface area contributed by atoms with Crippen molar-refractivity contribution in [3.63, 3.8) is 0 Å². The Morgan fingerprint density at radius 2 is 1.92 bits per heavy atom. The summed E-state index contributed by atoms with van der Waals surface area (Å²) in [5, 5.41) is 11.3. The third-order valence-corrected chi connectivity index (χ3v) is 5.99. The summed E-state index contributed by atoms with van der Waals surface area (Å²) >= 11 is 3.05. The van der Waals surface area contributed by atoms with E-state index < -0.39 is 0 Å². The number of rotatable bonds is 5. The van der Waals surface area contributed by atoms with Crippen LogP contribution in [0.25, 0.3) is 10.7 Å². The highest BCUT2D eigenvalue weighted by Gasteiger charge is 2.23. The van der Waals surface area contributed by atoms with Crippen molar-refractivity contribution in [2.45, 2.75) is 25.5 Å². The molecule has 0 aliphatic carbocycles. The minimum atomic E-state index is 0.0682. The summed E-state index contributed by atoms with van der Waals surface area (Å²) < 4.78 is 2.04. The van der Waals surface area contributed by atoms with Crippen molar-refractivity contribution in [2.24, 2.45) is 0 Å². The molecule has 1 fully saturated rings. The number of nitrogens with zero attached hydrogens (tertiary/aromatic N) is 5. The zero-order valence-corrected chi connectivity index (χ0v) is 16.0. The molecule has 1 saturated heterocycles. The number of hydrogen-bond donors (Lipinski definition) is 0. The van der Waals surface area contributed by atoms with Crippen LogP contribution in [0.4, 0.5) is 0 Å². The van der Waals surface area contributed by atoms with E-state index in [2.05, 4.69) is 10.2 Å². The molecular formula is C16H21N5O2S2. The van der Waals surface area contributed by atoms with Gasteiger partial charge >= 0.3 is 0 Å². The summed E-state index contributed by atoms with van der Waals surface area (Å²) in [6.07, 6.45) is 0. The average molecular weight is 380 g/mol. The van der Waals surface area contributed by atoms with E-state index in [0.717, 1.165) is 22.4 Å². The van der Waals surface area contributed by atoms with Crippen LogP contribution >= 0.6 is 23.1 Å². The van der Waals surface area contributed by atoms with Crippen LogP contribution in [0.1, 0.15) is 13.8 Å². The van der Waals surface area contributed by atoms with Crippen LogP contribution in [0.15, 0.2) is 22.7 Å². The van der Waals surface area contributed by atoms with Crippen molar-refractivity contribution in [3.8, 4) is 10.7 Å². The van der Waals surface area contributed by atoms with Crippen molar-refractivity contribution in [1.82, 2.24) is 24.6 Å². The number of carbonyl (C=O) groups excluding carboxylic acids is 2. The third-order valence-electron chi connectivity index (χ3n) is 4.18. The van der Waals surface area contributed by atoms with Gasteiger partial charge in [0.25, 0.3) is 0 Å². The van der Waals surface area contributed by atoms with Gasteiger partial charge in [-0.1, -0.05) is 17.8 Å². The Morgan fingerprint density at radius 1 is 1.20 bits per heavy atom. The lowest BCUT2D eigenvalue weighted by molar-refractivity contribution is -0.136. The fraction of sp³-hybridized carbons (Fsp3) is 0.500. The molecule has 0 aromatic carbocycles. The summed E-state index contributed by atoms with van der Waals surface area (Å²) in [5.74, 6) is 1.33. The van der Waals surface area contributed by atoms with Gasteiger partial charge in [-0.3, -0.25) is 9.59 Å². The Morgan fingerprint density at radius 3 is 2.52 bits per heavy atom. The van der Waals surface area contributed by atoms with Crippen molar-refractivity contribution in [1.29, 1.82) is 0 Å². The Kier molecular flexibility index (Phi) is 5.74. The van der Waals surface area contributed by atoms with Crippen LogP contribution in [0.5, 0.6) is 0 Å². The molecular weight excluding hydrogens is 358 g/mol. The molecule has 9 heteroatoms. The van der Waals surface area contributed by atoms with E-state index in [-0.39, 0.29) is 11.8 Å². The molecule has 0 atom stereocenters. The second kappa shape index (κ2) is 8.01. The predicted octanol–water partition coefficient (Wildman–Crippen LogP) is 1.81. The summed E-state index contributed by atoms with van der Waals surface area (Å²) in [6.45, 7) is 6.79. The molecule has 2 aromatic heterocycles. The van der Waals surface area contributed by atoms with Crippen molar-refractivity contribution in [3.05, 3.63) is 17.5 Å². The standard InChI is InChI=1S/C16H21N5O2S2/c1-3-21-15(13-5-4-10-24-13)17-18-16(21)25-11-14(23)20-8-6-19(7-9-20)12(2)22/h4-5,10H,3,6-9,11H2,1-2H3. The van der Waals surface area contributed by atoms with Crippen LogP contribution in [-0.2, 0) is 16.1 Å². The SMILES string of the molecule is CCn1c(SCC(=O)N2CCN(C(C)=O)CC2)nnc1-c1cccs1. The van der Waals surface area contributed by atoms with Crippen LogP contribution in [0.2, 0.25) is 0 Å². The lowest BCUT2D eigenvalue weighted by Gasteiger charge is -2.34. The van der Waals surface area contributed by atoms with Gasteiger partial charge in [0, 0.05) is 39.6 Å². The first kappa shape index (κ1) is 17.9. The maximum absolute atomic E-state index is 12.4. The summed E-state index contributed by atoms with van der Waals surface area (Å²) in [7, 11) is 0. The topological polar surface area (TPSA) is 71.3 Å². The van der Waals surface area contributed by atoms with Gasteiger partial charge in [-0.2, -0.15) is 0 Å². The number of carbonyl (C=O) groups is 2. The normalized spacial score (nSPS) is 14.8. The summed E-state index contributed by atoms with van der Waals surface area (Å²) in [5.41, 5.74) is 0. The van der Waals surface area contributed by atoms with Gasteiger partial charge in [0.15, 0.2) is 11.0 Å². The Hall–Kier alpha value is -1.87. The van der Waals surface area contributed by atoms with E-state index in [1.165, 1.54) is 11.8 Å². The van der Waals surface area contributed by atoms with E-state index in [9.17, 15) is 9.59 Å². The molecule has 25 heavy (non-hydrogen) atoms. The fourth-order valence-electron chi connectivity index (χ4n) is 2.76. The number of hydrogen-bond acceptors (Lipinski definition) is 6. The van der Waals surface area contributed by atoms with Crippen LogP contribution in [0, 0.1) is 0 Å². The molecule has 2 aromatic rings. The van der Waals surface area contributed by atoms with Crippen molar-refractivity contribution < 1.29 is 9.59 Å². The first-order valence-electron chi connectivity index (χ1n) is 8.23. The Balaban J connectivity index is 1.59. The van der Waals surface area contributed by atoms with E-state index in [4.69, 9.17) is 0 Å². The van der Waals surface area contributed by atoms with Gasteiger partial charge in [0.1, 0.15) is 0 Å². The Labute approximate surface area is 155 Å². The minimum Gasteiger partial charge on any atom is -0.339 e. The molecule has 0 unspecified atom stereocenters. The smallest absolute Gasteiger partial charge is 0.233 e. The zero-order valence-electron chi connectivity index (χ0n) is 14.3. The van der Waals surface area contributed by atoms with Gasteiger partial charge in [-0.15, -0.1) is 21.5 Å². The third kappa shape index (κ3) is 4.04. The first-order valence-corrected chi connectivity index (χ1v) is 10.1. The van der Waals surface area contributed by atoms with E-state index in [0.29, 0.717) is 31.9 Å². The van der Waals surface area contributed by atoms with E-state index in [1.807, 2.05) is 33.9 Å². The largest absolute Gasteiger partial charge is 0.339 e. The highest BCUT2D eigenvalue weighted by molar-refractivity contribution is 7.99. The van der Waals surface area contributed by atoms with E-state index in [1.54, 1.807) is 23.2 Å². The Bertz CT molecular complexity index is 736. The molecule has 0 N–H and O–H groups in total. The average Bonchev–Trinajstić information content (AvgIpc) is 3.28. The van der Waals surface area contributed by atoms with Crippen LogP contribution in [0.3, 0.4) is 0 Å². The highest BCUT2D eigenvalue weighted by Crippen LogP contribution is 2.27. The quantitative estimate of drug-likeness (QED) is 0.741. The summed E-state index contributed by atoms with van der Waals surface area (Å²) in [6, 6.07) is 4.01. The second-order valence-electron chi connectivity index (χ2n) is 5.70. The van der Waals surface area contributed by atoms with Gasteiger partial charge in [0.05, 0.1) is 10.6 Å². The molecule has 0 radical (unpaired) electrons. The highest BCUT2D eigenvalue weighted by atomic mass is 32.2. The molecule has 0 bridgehead atoms. The molecule has 7 nitrogen and oxygen atoms in total. The van der Waals surface area contributed by atoms with Crippen molar-refractivity contribution >= 4 is 34.9 Å². The zero-order chi connectivity index (χ0) is 17.8. The van der Waals surface area contributed by atoms with Gasteiger partial charge in [0.2, 0.25) is 11.8 Å². The monoisotopic (exact) mass is 379 g/mol.